The van der Waals surface area contributed by atoms with E-state index in [1.165, 1.54) is 6.20 Å². The molecule has 2 N–H and O–H groups in total. The molecule has 132 valence electrons. The van der Waals surface area contributed by atoms with Crippen LogP contribution in [0.2, 0.25) is 0 Å². The second-order valence-electron chi connectivity index (χ2n) is 6.55. The number of benzene rings is 1. The number of nitrogens with one attached hydrogen (secondary N) is 2. The van der Waals surface area contributed by atoms with Gasteiger partial charge in [-0.05, 0) is 24.3 Å². The number of carbonyl (C=O) groups is 1. The van der Waals surface area contributed by atoms with Gasteiger partial charge >= 0.3 is 0 Å². The second-order valence-corrected chi connectivity index (χ2v) is 6.55. The number of carbonyl (C=O) groups excluding carboxylic acids is 1. The van der Waals surface area contributed by atoms with Crippen LogP contribution in [0.5, 0.6) is 0 Å². The van der Waals surface area contributed by atoms with Crippen molar-refractivity contribution in [2.45, 2.75) is 6.42 Å². The molecule has 0 fully saturated rings. The zero-order valence-corrected chi connectivity index (χ0v) is 14.3. The van der Waals surface area contributed by atoms with Crippen molar-refractivity contribution in [2.75, 3.05) is 6.54 Å². The van der Waals surface area contributed by atoms with Gasteiger partial charge in [0.05, 0.1) is 23.0 Å². The number of fused-ring (bicyclic) bond motifs is 2. The van der Waals surface area contributed by atoms with E-state index in [-0.39, 0.29) is 5.91 Å². The number of aromatic amines is 1. The van der Waals surface area contributed by atoms with Gasteiger partial charge in [0.1, 0.15) is 0 Å². The molecule has 4 aromatic rings. The van der Waals surface area contributed by atoms with Crippen LogP contribution < -0.4 is 5.32 Å². The molecule has 0 aliphatic carbocycles. The quantitative estimate of drug-likeness (QED) is 0.574. The molecule has 0 saturated carbocycles. The largest absolute Gasteiger partial charge is 0.358 e. The Kier molecular flexibility index (Phi) is 3.50. The highest BCUT2D eigenvalue weighted by Gasteiger charge is 2.21. The lowest BCUT2D eigenvalue weighted by Crippen LogP contribution is -2.31. The molecule has 0 unspecified atom stereocenters. The second kappa shape index (κ2) is 6.02. The number of hydrogen-bond donors (Lipinski definition) is 2. The minimum atomic E-state index is -0.438. The normalized spacial score (nSPS) is 13.4. The van der Waals surface area contributed by atoms with E-state index < -0.39 is 5.82 Å². The fourth-order valence-electron chi connectivity index (χ4n) is 3.45. The molecule has 0 bridgehead atoms. The summed E-state index contributed by atoms with van der Waals surface area (Å²) in [5.74, 6) is -0.571. The standard InChI is InChI=1S/C21H15FN4O/c22-16-11-25-19(13-7-12-3-1-2-4-17(12)24-10-13)8-14(16)20-9-15-18(26-20)5-6-23-21(15)27/h1-4,7-11,26H,5-6H2,(H,23,27). The highest BCUT2D eigenvalue weighted by molar-refractivity contribution is 5.98. The first kappa shape index (κ1) is 15.7. The number of rotatable bonds is 2. The molecule has 1 aliphatic heterocycles. The van der Waals surface area contributed by atoms with Gasteiger partial charge in [0.2, 0.25) is 0 Å². The number of amides is 1. The Morgan fingerprint density at radius 1 is 1.00 bits per heavy atom. The lowest BCUT2D eigenvalue weighted by Gasteiger charge is -2.11. The molecule has 4 heterocycles. The summed E-state index contributed by atoms with van der Waals surface area (Å²) < 4.78 is 14.5. The van der Waals surface area contributed by atoms with E-state index in [4.69, 9.17) is 0 Å². The number of hydrogen-bond acceptors (Lipinski definition) is 3. The topological polar surface area (TPSA) is 70.7 Å². The third-order valence-corrected chi connectivity index (χ3v) is 4.84. The third kappa shape index (κ3) is 2.66. The molecule has 0 radical (unpaired) electrons. The van der Waals surface area contributed by atoms with Gasteiger partial charge in [-0.2, -0.15) is 0 Å². The maximum atomic E-state index is 14.5. The SMILES string of the molecule is O=C1NCCc2[nH]c(-c3cc(-c4cnc5ccccc5c4)ncc3F)cc21. The first-order valence-corrected chi connectivity index (χ1v) is 8.70. The minimum Gasteiger partial charge on any atom is -0.358 e. The summed E-state index contributed by atoms with van der Waals surface area (Å²) in [6.07, 6.45) is 3.65. The van der Waals surface area contributed by atoms with Gasteiger partial charge in [0, 0.05) is 47.1 Å². The van der Waals surface area contributed by atoms with E-state index >= 15 is 0 Å². The number of nitrogens with zero attached hydrogens (tertiary/aromatic N) is 2. The molecule has 1 aromatic carbocycles. The van der Waals surface area contributed by atoms with Crippen LogP contribution in [-0.2, 0) is 6.42 Å². The summed E-state index contributed by atoms with van der Waals surface area (Å²) in [7, 11) is 0. The Balaban J connectivity index is 1.61. The number of H-pyrrole nitrogens is 1. The number of halogens is 1. The molecule has 3 aromatic heterocycles. The van der Waals surface area contributed by atoms with Gasteiger partial charge in [-0.15, -0.1) is 0 Å². The maximum absolute atomic E-state index is 14.5. The predicted molar refractivity (Wildman–Crippen MR) is 101 cm³/mol. The maximum Gasteiger partial charge on any atom is 0.253 e. The smallest absolute Gasteiger partial charge is 0.253 e. The molecule has 1 aliphatic rings. The van der Waals surface area contributed by atoms with E-state index in [1.54, 1.807) is 18.3 Å². The molecule has 5 nitrogen and oxygen atoms in total. The fraction of sp³-hybridized carbons (Fsp3) is 0.0952. The molecular weight excluding hydrogens is 343 g/mol. The minimum absolute atomic E-state index is 0.132. The summed E-state index contributed by atoms with van der Waals surface area (Å²) in [4.78, 5) is 23.8. The predicted octanol–water partition coefficient (Wildman–Crippen LogP) is 3.72. The van der Waals surface area contributed by atoms with E-state index in [0.717, 1.165) is 22.2 Å². The average molecular weight is 358 g/mol. The lowest BCUT2D eigenvalue weighted by molar-refractivity contribution is 0.0946. The third-order valence-electron chi connectivity index (χ3n) is 4.84. The summed E-state index contributed by atoms with van der Waals surface area (Å²) in [6, 6.07) is 13.2. The van der Waals surface area contributed by atoms with Gasteiger partial charge in [0.25, 0.3) is 5.91 Å². The first-order valence-electron chi connectivity index (χ1n) is 8.70. The number of pyridine rings is 2. The van der Waals surface area contributed by atoms with Crippen LogP contribution in [0.25, 0.3) is 33.4 Å². The Morgan fingerprint density at radius 2 is 1.89 bits per heavy atom. The van der Waals surface area contributed by atoms with E-state index in [2.05, 4.69) is 20.3 Å². The van der Waals surface area contributed by atoms with Crippen molar-refractivity contribution in [1.29, 1.82) is 0 Å². The zero-order valence-electron chi connectivity index (χ0n) is 14.3. The van der Waals surface area contributed by atoms with Gasteiger partial charge in [-0.25, -0.2) is 4.39 Å². The summed E-state index contributed by atoms with van der Waals surface area (Å²) in [5, 5.41) is 3.79. The summed E-state index contributed by atoms with van der Waals surface area (Å²) >= 11 is 0. The summed E-state index contributed by atoms with van der Waals surface area (Å²) in [6.45, 7) is 0.582. The molecular formula is C21H15FN4O. The lowest BCUT2D eigenvalue weighted by atomic mass is 10.1. The van der Waals surface area contributed by atoms with Crippen molar-refractivity contribution in [3.63, 3.8) is 0 Å². The van der Waals surface area contributed by atoms with Crippen molar-refractivity contribution in [2.24, 2.45) is 0 Å². The Hall–Kier alpha value is -3.54. The molecule has 0 spiro atoms. The number of para-hydroxylation sites is 1. The van der Waals surface area contributed by atoms with Crippen LogP contribution in [0.4, 0.5) is 4.39 Å². The Morgan fingerprint density at radius 3 is 2.78 bits per heavy atom. The number of aromatic nitrogens is 3. The van der Waals surface area contributed by atoms with Gasteiger partial charge in [0.15, 0.2) is 5.82 Å². The van der Waals surface area contributed by atoms with Crippen molar-refractivity contribution >= 4 is 16.8 Å². The van der Waals surface area contributed by atoms with E-state index in [0.29, 0.717) is 35.5 Å². The highest BCUT2D eigenvalue weighted by Crippen LogP contribution is 2.30. The highest BCUT2D eigenvalue weighted by atomic mass is 19.1. The van der Waals surface area contributed by atoms with Gasteiger partial charge < -0.3 is 10.3 Å². The molecule has 6 heteroatoms. The fourth-order valence-corrected chi connectivity index (χ4v) is 3.45. The van der Waals surface area contributed by atoms with Crippen LogP contribution in [0, 0.1) is 5.82 Å². The van der Waals surface area contributed by atoms with Crippen molar-refractivity contribution in [3.8, 4) is 22.5 Å². The Labute approximate surface area is 154 Å². The molecule has 0 saturated heterocycles. The Bertz CT molecular complexity index is 1200. The zero-order chi connectivity index (χ0) is 18.4. The van der Waals surface area contributed by atoms with Crippen LogP contribution in [0.15, 0.2) is 54.9 Å². The van der Waals surface area contributed by atoms with Crippen molar-refractivity contribution in [1.82, 2.24) is 20.3 Å². The van der Waals surface area contributed by atoms with Crippen molar-refractivity contribution in [3.05, 3.63) is 71.9 Å². The van der Waals surface area contributed by atoms with Gasteiger partial charge in [-0.3, -0.25) is 14.8 Å². The van der Waals surface area contributed by atoms with Gasteiger partial charge in [-0.1, -0.05) is 18.2 Å². The van der Waals surface area contributed by atoms with Crippen LogP contribution >= 0.6 is 0 Å². The molecule has 1 amide bonds. The van der Waals surface area contributed by atoms with Crippen LogP contribution in [0.3, 0.4) is 0 Å². The van der Waals surface area contributed by atoms with Crippen LogP contribution in [-0.4, -0.2) is 27.4 Å². The van der Waals surface area contributed by atoms with Crippen LogP contribution in [0.1, 0.15) is 16.1 Å². The van der Waals surface area contributed by atoms with E-state index in [9.17, 15) is 9.18 Å². The molecule has 0 atom stereocenters. The first-order chi connectivity index (χ1) is 13.2. The van der Waals surface area contributed by atoms with E-state index in [1.807, 2.05) is 30.3 Å². The van der Waals surface area contributed by atoms with Crippen molar-refractivity contribution < 1.29 is 9.18 Å². The average Bonchev–Trinajstić information content (AvgIpc) is 3.13. The monoisotopic (exact) mass is 358 g/mol. The summed E-state index contributed by atoms with van der Waals surface area (Å²) in [5.41, 5.74) is 4.69. The molecule has 27 heavy (non-hydrogen) atoms. The molecule has 5 rings (SSSR count).